The highest BCUT2D eigenvalue weighted by molar-refractivity contribution is 5.96. The number of rotatable bonds is 4. The van der Waals surface area contributed by atoms with Crippen LogP contribution in [-0.2, 0) is 0 Å². The SMILES string of the molecule is CC[C@@H](CO)NC(=O)c1ccncc1O. The second-order valence-corrected chi connectivity index (χ2v) is 3.15. The molecule has 1 aromatic heterocycles. The standard InChI is InChI=1S/C10H14N2O3/c1-2-7(6-13)12-10(15)8-3-4-11-5-9(8)14/h3-5,7,13-14H,2,6H2,1H3,(H,12,15)/t7-/m0/s1. The van der Waals surface area contributed by atoms with Gasteiger partial charge in [-0.2, -0.15) is 0 Å². The van der Waals surface area contributed by atoms with Crippen molar-refractivity contribution < 1.29 is 15.0 Å². The third kappa shape index (κ3) is 2.92. The van der Waals surface area contributed by atoms with Gasteiger partial charge in [0.15, 0.2) is 0 Å². The number of carbonyl (C=O) groups excluding carboxylic acids is 1. The van der Waals surface area contributed by atoms with Crippen LogP contribution in [0.3, 0.4) is 0 Å². The van der Waals surface area contributed by atoms with Crippen LogP contribution < -0.4 is 5.32 Å². The summed E-state index contributed by atoms with van der Waals surface area (Å²) in [5, 5.41) is 20.9. The molecule has 0 spiro atoms. The molecule has 5 heteroatoms. The fraction of sp³-hybridized carbons (Fsp3) is 0.400. The molecule has 5 nitrogen and oxygen atoms in total. The lowest BCUT2D eigenvalue weighted by Gasteiger charge is -2.14. The van der Waals surface area contributed by atoms with Crippen molar-refractivity contribution in [2.75, 3.05) is 6.61 Å². The van der Waals surface area contributed by atoms with E-state index in [1.807, 2.05) is 6.92 Å². The number of aromatic nitrogens is 1. The van der Waals surface area contributed by atoms with E-state index < -0.39 is 5.91 Å². The largest absolute Gasteiger partial charge is 0.505 e. The molecule has 1 aromatic rings. The lowest BCUT2D eigenvalue weighted by atomic mass is 10.2. The van der Waals surface area contributed by atoms with Gasteiger partial charge in [0.05, 0.1) is 24.4 Å². The van der Waals surface area contributed by atoms with Gasteiger partial charge in [-0.15, -0.1) is 0 Å². The van der Waals surface area contributed by atoms with E-state index in [9.17, 15) is 9.90 Å². The molecule has 0 aliphatic carbocycles. The predicted molar refractivity (Wildman–Crippen MR) is 54.5 cm³/mol. The average Bonchev–Trinajstić information content (AvgIpc) is 2.26. The van der Waals surface area contributed by atoms with Crippen molar-refractivity contribution in [3.05, 3.63) is 24.0 Å². The van der Waals surface area contributed by atoms with Gasteiger partial charge in [0, 0.05) is 6.20 Å². The Balaban J connectivity index is 2.73. The highest BCUT2D eigenvalue weighted by Crippen LogP contribution is 2.13. The molecule has 1 amide bonds. The molecule has 0 fully saturated rings. The van der Waals surface area contributed by atoms with Gasteiger partial charge < -0.3 is 15.5 Å². The minimum absolute atomic E-state index is 0.117. The number of nitrogens with one attached hydrogen (secondary N) is 1. The van der Waals surface area contributed by atoms with Gasteiger partial charge in [-0.3, -0.25) is 9.78 Å². The van der Waals surface area contributed by atoms with Crippen LogP contribution in [-0.4, -0.2) is 33.8 Å². The fourth-order valence-corrected chi connectivity index (χ4v) is 1.12. The fourth-order valence-electron chi connectivity index (χ4n) is 1.12. The summed E-state index contributed by atoms with van der Waals surface area (Å²) in [4.78, 5) is 15.3. The summed E-state index contributed by atoms with van der Waals surface area (Å²) in [6.07, 6.45) is 3.26. The van der Waals surface area contributed by atoms with Gasteiger partial charge in [0.2, 0.25) is 0 Å². The van der Waals surface area contributed by atoms with E-state index in [2.05, 4.69) is 10.3 Å². The Morgan fingerprint density at radius 1 is 1.67 bits per heavy atom. The molecule has 0 unspecified atom stereocenters. The van der Waals surface area contributed by atoms with Crippen molar-refractivity contribution in [1.29, 1.82) is 0 Å². The van der Waals surface area contributed by atoms with Crippen LogP contribution in [0.25, 0.3) is 0 Å². The Bertz CT molecular complexity index is 337. The quantitative estimate of drug-likeness (QED) is 0.667. The predicted octanol–water partition coefficient (Wildman–Crippen LogP) is 0.288. The smallest absolute Gasteiger partial charge is 0.255 e. The molecule has 0 radical (unpaired) electrons. The monoisotopic (exact) mass is 210 g/mol. The number of pyridine rings is 1. The minimum Gasteiger partial charge on any atom is -0.505 e. The molecular formula is C10H14N2O3. The van der Waals surface area contributed by atoms with Gasteiger partial charge in [-0.1, -0.05) is 6.92 Å². The van der Waals surface area contributed by atoms with Gasteiger partial charge in [0.25, 0.3) is 5.91 Å². The molecule has 0 aromatic carbocycles. The summed E-state index contributed by atoms with van der Waals surface area (Å²) < 4.78 is 0. The second kappa shape index (κ2) is 5.31. The van der Waals surface area contributed by atoms with Gasteiger partial charge >= 0.3 is 0 Å². The third-order valence-corrected chi connectivity index (χ3v) is 2.09. The first kappa shape index (κ1) is 11.5. The zero-order chi connectivity index (χ0) is 11.3. The first-order valence-electron chi connectivity index (χ1n) is 4.73. The van der Waals surface area contributed by atoms with Crippen LogP contribution in [0.2, 0.25) is 0 Å². The summed E-state index contributed by atoms with van der Waals surface area (Å²) in [5.74, 6) is -0.571. The Morgan fingerprint density at radius 3 is 2.93 bits per heavy atom. The Morgan fingerprint density at radius 2 is 2.40 bits per heavy atom. The highest BCUT2D eigenvalue weighted by atomic mass is 16.3. The molecular weight excluding hydrogens is 196 g/mol. The molecule has 15 heavy (non-hydrogen) atoms. The molecule has 1 heterocycles. The number of hydrogen-bond acceptors (Lipinski definition) is 4. The van der Waals surface area contributed by atoms with Gasteiger partial charge in [0.1, 0.15) is 5.75 Å². The van der Waals surface area contributed by atoms with Crippen molar-refractivity contribution in [2.45, 2.75) is 19.4 Å². The maximum absolute atomic E-state index is 11.6. The Kier molecular flexibility index (Phi) is 4.05. The van der Waals surface area contributed by atoms with Crippen LogP contribution in [0.1, 0.15) is 23.7 Å². The lowest BCUT2D eigenvalue weighted by Crippen LogP contribution is -2.36. The van der Waals surface area contributed by atoms with Crippen LogP contribution in [0, 0.1) is 0 Å². The summed E-state index contributed by atoms with van der Waals surface area (Å²) >= 11 is 0. The summed E-state index contributed by atoms with van der Waals surface area (Å²) in [6.45, 7) is 1.74. The normalized spacial score (nSPS) is 12.1. The van der Waals surface area contributed by atoms with Crippen LogP contribution in [0.5, 0.6) is 5.75 Å². The lowest BCUT2D eigenvalue weighted by molar-refractivity contribution is 0.0912. The van der Waals surface area contributed by atoms with Gasteiger partial charge in [-0.05, 0) is 12.5 Å². The van der Waals surface area contributed by atoms with E-state index in [0.29, 0.717) is 6.42 Å². The van der Waals surface area contributed by atoms with Crippen molar-refractivity contribution in [1.82, 2.24) is 10.3 Å². The van der Waals surface area contributed by atoms with E-state index in [1.54, 1.807) is 0 Å². The minimum atomic E-state index is -0.407. The van der Waals surface area contributed by atoms with Crippen molar-refractivity contribution in [3.63, 3.8) is 0 Å². The van der Waals surface area contributed by atoms with E-state index >= 15 is 0 Å². The van der Waals surface area contributed by atoms with E-state index in [4.69, 9.17) is 5.11 Å². The third-order valence-electron chi connectivity index (χ3n) is 2.09. The van der Waals surface area contributed by atoms with Crippen LogP contribution >= 0.6 is 0 Å². The van der Waals surface area contributed by atoms with Crippen molar-refractivity contribution in [3.8, 4) is 5.75 Å². The molecule has 82 valence electrons. The van der Waals surface area contributed by atoms with Crippen LogP contribution in [0.4, 0.5) is 0 Å². The van der Waals surface area contributed by atoms with Crippen LogP contribution in [0.15, 0.2) is 18.5 Å². The molecule has 0 aliphatic heterocycles. The Labute approximate surface area is 87.8 Å². The maximum atomic E-state index is 11.6. The van der Waals surface area contributed by atoms with Crippen molar-refractivity contribution in [2.24, 2.45) is 0 Å². The number of aliphatic hydroxyl groups is 1. The zero-order valence-corrected chi connectivity index (χ0v) is 8.47. The molecule has 0 aliphatic rings. The first-order chi connectivity index (χ1) is 7.19. The summed E-state index contributed by atoms with van der Waals surface area (Å²) in [6, 6.07) is 1.14. The summed E-state index contributed by atoms with van der Waals surface area (Å²) in [5.41, 5.74) is 0.164. The maximum Gasteiger partial charge on any atom is 0.255 e. The molecule has 1 atom stereocenters. The molecule has 1 rings (SSSR count). The topological polar surface area (TPSA) is 82.5 Å². The average molecular weight is 210 g/mol. The zero-order valence-electron chi connectivity index (χ0n) is 8.47. The summed E-state index contributed by atoms with van der Waals surface area (Å²) in [7, 11) is 0. The molecule has 3 N–H and O–H groups in total. The van der Waals surface area contributed by atoms with Crippen molar-refractivity contribution >= 4 is 5.91 Å². The number of aliphatic hydroxyl groups excluding tert-OH is 1. The highest BCUT2D eigenvalue weighted by Gasteiger charge is 2.14. The first-order valence-corrected chi connectivity index (χ1v) is 4.73. The molecule has 0 saturated heterocycles. The Hall–Kier alpha value is -1.62. The number of aromatic hydroxyl groups is 1. The number of amides is 1. The van der Waals surface area contributed by atoms with E-state index in [0.717, 1.165) is 0 Å². The molecule has 0 saturated carbocycles. The number of nitrogens with zero attached hydrogens (tertiary/aromatic N) is 1. The second-order valence-electron chi connectivity index (χ2n) is 3.15. The molecule has 0 bridgehead atoms. The van der Waals surface area contributed by atoms with E-state index in [-0.39, 0.29) is 24.0 Å². The number of carbonyl (C=O) groups is 1. The number of hydrogen-bond donors (Lipinski definition) is 3. The van der Waals surface area contributed by atoms with E-state index in [1.165, 1.54) is 18.5 Å². The van der Waals surface area contributed by atoms with Gasteiger partial charge in [-0.25, -0.2) is 0 Å².